The van der Waals surface area contributed by atoms with E-state index in [1.165, 1.54) is 0 Å². The Morgan fingerprint density at radius 1 is 1.11 bits per heavy atom. The Bertz CT molecular complexity index is 425. The van der Waals surface area contributed by atoms with Gasteiger partial charge in [0.2, 0.25) is 0 Å². The van der Waals surface area contributed by atoms with Gasteiger partial charge in [0.1, 0.15) is 5.92 Å². The van der Waals surface area contributed by atoms with Crippen LogP contribution in [0.1, 0.15) is 17.0 Å². The summed E-state index contributed by atoms with van der Waals surface area (Å²) in [5, 5.41) is 7.82. The van der Waals surface area contributed by atoms with Gasteiger partial charge in [-0.2, -0.15) is 26.3 Å². The molecule has 0 bridgehead atoms. The van der Waals surface area contributed by atoms with E-state index in [1.54, 1.807) is 0 Å². The van der Waals surface area contributed by atoms with E-state index in [1.807, 2.05) is 0 Å². The first kappa shape index (κ1) is 15.1. The highest BCUT2D eigenvalue weighted by atomic mass is 35.5. The molecule has 1 N–H and O–H groups in total. The Kier molecular flexibility index (Phi) is 4.17. The quantitative estimate of drug-likeness (QED) is 0.817. The van der Waals surface area contributed by atoms with E-state index in [0.29, 0.717) is 18.2 Å². The van der Waals surface area contributed by atoms with Crippen LogP contribution in [0.15, 0.2) is 18.2 Å². The molecule has 0 saturated heterocycles. The van der Waals surface area contributed by atoms with Gasteiger partial charge in [-0.15, -0.1) is 0 Å². The highest BCUT2D eigenvalue weighted by molar-refractivity contribution is 6.31. The van der Waals surface area contributed by atoms with Gasteiger partial charge in [-0.1, -0.05) is 17.7 Å². The molecule has 1 nitrogen and oxygen atoms in total. The summed E-state index contributed by atoms with van der Waals surface area (Å²) in [6.07, 6.45) is -9.49. The monoisotopic (exact) mass is 292 g/mol. The van der Waals surface area contributed by atoms with Crippen LogP contribution in [0.4, 0.5) is 26.3 Å². The predicted octanol–water partition coefficient (Wildman–Crippen LogP) is 4.00. The fraction of sp³-hybridized carbons (Fsp3) is 0.400. The van der Waals surface area contributed by atoms with Crippen LogP contribution in [0.2, 0.25) is 5.02 Å². The molecule has 0 aliphatic heterocycles. The number of alkyl halides is 6. The third-order valence-electron chi connectivity index (χ3n) is 2.28. The molecule has 18 heavy (non-hydrogen) atoms. The van der Waals surface area contributed by atoms with Crippen LogP contribution in [-0.4, -0.2) is 17.9 Å². The minimum atomic E-state index is -4.75. The van der Waals surface area contributed by atoms with Crippen molar-refractivity contribution in [3.05, 3.63) is 34.3 Å². The lowest BCUT2D eigenvalue weighted by Crippen LogP contribution is -2.24. The van der Waals surface area contributed by atoms with Crippen LogP contribution < -0.4 is 0 Å². The molecule has 0 spiro atoms. The Hall–Kier alpha value is -0.950. The molecule has 0 aliphatic carbocycles. The van der Waals surface area contributed by atoms with Gasteiger partial charge in [0.05, 0.1) is 17.2 Å². The molecule has 1 aromatic carbocycles. The number of aliphatic hydroxyl groups excluding tert-OH is 1. The number of benzene rings is 1. The van der Waals surface area contributed by atoms with E-state index in [2.05, 4.69) is 0 Å². The molecule has 0 saturated carbocycles. The van der Waals surface area contributed by atoms with E-state index in [4.69, 9.17) is 16.7 Å². The third kappa shape index (κ3) is 3.29. The van der Waals surface area contributed by atoms with Gasteiger partial charge in [-0.3, -0.25) is 0 Å². The van der Waals surface area contributed by atoms with Gasteiger partial charge in [0, 0.05) is 0 Å². The van der Waals surface area contributed by atoms with Crippen LogP contribution in [0.5, 0.6) is 0 Å². The first-order valence-corrected chi connectivity index (χ1v) is 4.99. The van der Waals surface area contributed by atoms with Crippen molar-refractivity contribution < 1.29 is 31.4 Å². The second-order valence-corrected chi connectivity index (χ2v) is 3.92. The van der Waals surface area contributed by atoms with Crippen molar-refractivity contribution in [1.82, 2.24) is 0 Å². The fourth-order valence-electron chi connectivity index (χ4n) is 1.38. The second kappa shape index (κ2) is 4.97. The van der Waals surface area contributed by atoms with Crippen molar-refractivity contribution >= 4 is 11.6 Å². The highest BCUT2D eigenvalue weighted by Gasteiger charge is 2.41. The third-order valence-corrected chi connectivity index (χ3v) is 2.59. The van der Waals surface area contributed by atoms with Gasteiger partial charge >= 0.3 is 12.4 Å². The van der Waals surface area contributed by atoms with Crippen molar-refractivity contribution in [3.63, 3.8) is 0 Å². The summed E-state index contributed by atoms with van der Waals surface area (Å²) in [6.45, 7) is -1.26. The standard InChI is InChI=1S/C10H7ClF6O/c11-8-3-5(7(4-18)10(15,16)17)1-2-6(8)9(12,13)14/h1-3,7,18H,4H2. The molecule has 0 fully saturated rings. The van der Waals surface area contributed by atoms with E-state index < -0.39 is 41.0 Å². The zero-order valence-electron chi connectivity index (χ0n) is 8.61. The average Bonchev–Trinajstić information content (AvgIpc) is 2.14. The second-order valence-electron chi connectivity index (χ2n) is 3.51. The number of halogens is 7. The molecule has 1 unspecified atom stereocenters. The maximum Gasteiger partial charge on any atom is 0.417 e. The van der Waals surface area contributed by atoms with Gasteiger partial charge in [-0.05, 0) is 17.7 Å². The number of hydrogen-bond acceptors (Lipinski definition) is 1. The molecule has 0 radical (unpaired) electrons. The minimum absolute atomic E-state index is 0.464. The summed E-state index contributed by atoms with van der Waals surface area (Å²) >= 11 is 5.30. The smallest absolute Gasteiger partial charge is 0.395 e. The number of hydrogen-bond donors (Lipinski definition) is 1. The maximum absolute atomic E-state index is 12.4. The molecular weight excluding hydrogens is 286 g/mol. The lowest BCUT2D eigenvalue weighted by Gasteiger charge is -2.19. The van der Waals surface area contributed by atoms with Gasteiger partial charge in [0.25, 0.3) is 0 Å². The van der Waals surface area contributed by atoms with Crippen LogP contribution in [-0.2, 0) is 6.18 Å². The molecule has 102 valence electrons. The van der Waals surface area contributed by atoms with E-state index >= 15 is 0 Å². The number of rotatable bonds is 2. The molecule has 1 atom stereocenters. The topological polar surface area (TPSA) is 20.2 Å². The van der Waals surface area contributed by atoms with Crippen molar-refractivity contribution in [2.24, 2.45) is 0 Å². The summed E-state index contributed by atoms with van der Waals surface area (Å²) in [5.41, 5.74) is -1.73. The minimum Gasteiger partial charge on any atom is -0.395 e. The fourth-order valence-corrected chi connectivity index (χ4v) is 1.67. The molecular formula is C10H7ClF6O. The van der Waals surface area contributed by atoms with Gasteiger partial charge < -0.3 is 5.11 Å². The Morgan fingerprint density at radius 3 is 2.00 bits per heavy atom. The largest absolute Gasteiger partial charge is 0.417 e. The van der Waals surface area contributed by atoms with Crippen molar-refractivity contribution in [3.8, 4) is 0 Å². The van der Waals surface area contributed by atoms with Gasteiger partial charge in [0.15, 0.2) is 0 Å². The summed E-state index contributed by atoms with van der Waals surface area (Å²) in [7, 11) is 0. The zero-order valence-corrected chi connectivity index (χ0v) is 9.37. The summed E-state index contributed by atoms with van der Waals surface area (Å²) in [6, 6.07) is 1.69. The molecule has 1 rings (SSSR count). The SMILES string of the molecule is OCC(c1ccc(C(F)(F)F)c(Cl)c1)C(F)(F)F. The normalized spacial score (nSPS) is 14.7. The van der Waals surface area contributed by atoms with Crippen LogP contribution in [0.3, 0.4) is 0 Å². The summed E-state index contributed by atoms with van der Waals surface area (Å²) < 4.78 is 74.4. The molecule has 1 aromatic rings. The van der Waals surface area contributed by atoms with Gasteiger partial charge in [-0.25, -0.2) is 0 Å². The van der Waals surface area contributed by atoms with Crippen LogP contribution in [0.25, 0.3) is 0 Å². The molecule has 8 heteroatoms. The lowest BCUT2D eigenvalue weighted by atomic mass is 9.98. The maximum atomic E-state index is 12.4. The predicted molar refractivity (Wildman–Crippen MR) is 52.3 cm³/mol. The highest BCUT2D eigenvalue weighted by Crippen LogP contribution is 2.39. The number of aliphatic hydroxyl groups is 1. The summed E-state index contributed by atoms with van der Waals surface area (Å²) in [5.74, 6) is -2.25. The van der Waals surface area contributed by atoms with E-state index in [0.717, 1.165) is 0 Å². The zero-order chi connectivity index (χ0) is 14.1. The Balaban J connectivity index is 3.19. The first-order valence-electron chi connectivity index (χ1n) is 4.61. The molecule has 0 heterocycles. The Morgan fingerprint density at radius 2 is 1.67 bits per heavy atom. The van der Waals surface area contributed by atoms with Crippen molar-refractivity contribution in [2.45, 2.75) is 18.3 Å². The van der Waals surface area contributed by atoms with Crippen molar-refractivity contribution in [1.29, 1.82) is 0 Å². The molecule has 0 amide bonds. The van der Waals surface area contributed by atoms with E-state index in [-0.39, 0.29) is 0 Å². The first-order chi connectivity index (χ1) is 8.07. The molecule has 0 aromatic heterocycles. The average molecular weight is 293 g/mol. The summed E-state index contributed by atoms with van der Waals surface area (Å²) in [4.78, 5) is 0. The van der Waals surface area contributed by atoms with Crippen LogP contribution in [0, 0.1) is 0 Å². The molecule has 0 aliphatic rings. The Labute approximate surface area is 103 Å². The van der Waals surface area contributed by atoms with Crippen LogP contribution >= 0.6 is 11.6 Å². The van der Waals surface area contributed by atoms with E-state index in [9.17, 15) is 26.3 Å². The lowest BCUT2D eigenvalue weighted by molar-refractivity contribution is -0.158. The van der Waals surface area contributed by atoms with Crippen molar-refractivity contribution in [2.75, 3.05) is 6.61 Å².